The number of nitrogens with one attached hydrogen (secondary N) is 2. The van der Waals surface area contributed by atoms with Gasteiger partial charge in [0.15, 0.2) is 0 Å². The number of sulfonamides is 1. The lowest BCUT2D eigenvalue weighted by molar-refractivity contribution is 0.387. The molecule has 164 valence electrons. The standard InChI is InChI=1S/C22H22Cl3N3O2S/c23-15-2-7-18-21(9-10-26-22(18)12-15)27-16-3-5-17(6-4-16)28-31(29,30)13-14-1-8-19(24)20(25)11-14/h1-2,7-12,16-17,28H,3-6,13H2,(H,26,27)/t16-,17+. The minimum absolute atomic E-state index is 0.0705. The third kappa shape index (κ3) is 5.82. The summed E-state index contributed by atoms with van der Waals surface area (Å²) in [5.74, 6) is -0.117. The van der Waals surface area contributed by atoms with Gasteiger partial charge in [-0.3, -0.25) is 4.98 Å². The first-order chi connectivity index (χ1) is 14.8. The zero-order chi connectivity index (χ0) is 22.0. The molecule has 2 N–H and O–H groups in total. The van der Waals surface area contributed by atoms with E-state index in [4.69, 9.17) is 34.8 Å². The van der Waals surface area contributed by atoms with Crippen LogP contribution in [0.2, 0.25) is 15.1 Å². The Morgan fingerprint density at radius 1 is 0.903 bits per heavy atom. The lowest BCUT2D eigenvalue weighted by atomic mass is 9.91. The Balaban J connectivity index is 1.34. The van der Waals surface area contributed by atoms with E-state index in [9.17, 15) is 8.42 Å². The average Bonchev–Trinajstić information content (AvgIpc) is 2.72. The highest BCUT2D eigenvalue weighted by molar-refractivity contribution is 7.88. The van der Waals surface area contributed by atoms with Crippen LogP contribution < -0.4 is 10.0 Å². The lowest BCUT2D eigenvalue weighted by Crippen LogP contribution is -2.40. The summed E-state index contributed by atoms with van der Waals surface area (Å²) in [6.45, 7) is 0. The lowest BCUT2D eigenvalue weighted by Gasteiger charge is -2.30. The largest absolute Gasteiger partial charge is 0.382 e. The maximum atomic E-state index is 12.6. The molecular weight excluding hydrogens is 477 g/mol. The second-order valence-corrected chi connectivity index (χ2v) is 10.8. The predicted molar refractivity (Wildman–Crippen MR) is 129 cm³/mol. The predicted octanol–water partition coefficient (Wildman–Crippen LogP) is 6.04. The van der Waals surface area contributed by atoms with Crippen molar-refractivity contribution in [2.24, 2.45) is 0 Å². The summed E-state index contributed by atoms with van der Waals surface area (Å²) < 4.78 is 28.0. The first-order valence-electron chi connectivity index (χ1n) is 10.0. The molecule has 0 radical (unpaired) electrons. The van der Waals surface area contributed by atoms with Gasteiger partial charge in [-0.15, -0.1) is 0 Å². The summed E-state index contributed by atoms with van der Waals surface area (Å²) in [6.07, 6.45) is 5.05. The second-order valence-electron chi connectivity index (χ2n) is 7.84. The number of fused-ring (bicyclic) bond motifs is 1. The first-order valence-corrected chi connectivity index (χ1v) is 12.8. The quantitative estimate of drug-likeness (QED) is 0.435. The zero-order valence-electron chi connectivity index (χ0n) is 16.6. The average molecular weight is 499 g/mol. The van der Waals surface area contributed by atoms with Gasteiger partial charge in [0.05, 0.1) is 21.3 Å². The van der Waals surface area contributed by atoms with Crippen LogP contribution in [0.1, 0.15) is 31.2 Å². The van der Waals surface area contributed by atoms with Crippen molar-refractivity contribution in [2.45, 2.75) is 43.5 Å². The zero-order valence-corrected chi connectivity index (χ0v) is 19.7. The van der Waals surface area contributed by atoms with Crippen LogP contribution >= 0.6 is 34.8 Å². The van der Waals surface area contributed by atoms with E-state index in [1.54, 1.807) is 24.4 Å². The minimum atomic E-state index is -3.47. The fourth-order valence-corrected chi connectivity index (χ4v) is 5.90. The molecule has 1 fully saturated rings. The van der Waals surface area contributed by atoms with Crippen molar-refractivity contribution in [3.63, 3.8) is 0 Å². The van der Waals surface area contributed by atoms with Gasteiger partial charge in [0, 0.05) is 34.4 Å². The Kier molecular flexibility index (Phi) is 6.94. The summed E-state index contributed by atoms with van der Waals surface area (Å²) in [5.41, 5.74) is 2.48. The Morgan fingerprint density at radius 3 is 2.39 bits per heavy atom. The van der Waals surface area contributed by atoms with Crippen molar-refractivity contribution in [2.75, 3.05) is 5.32 Å². The number of hydrogen-bond acceptors (Lipinski definition) is 4. The van der Waals surface area contributed by atoms with E-state index in [1.807, 2.05) is 24.3 Å². The van der Waals surface area contributed by atoms with Crippen LogP contribution in [0.3, 0.4) is 0 Å². The van der Waals surface area contributed by atoms with Gasteiger partial charge in [-0.1, -0.05) is 40.9 Å². The Labute approximate surface area is 197 Å². The molecule has 0 unspecified atom stereocenters. The maximum absolute atomic E-state index is 12.6. The summed E-state index contributed by atoms with van der Waals surface area (Å²) in [4.78, 5) is 4.38. The van der Waals surface area contributed by atoms with Gasteiger partial charge in [-0.2, -0.15) is 0 Å². The normalized spacial score (nSPS) is 19.5. The molecule has 0 spiro atoms. The topological polar surface area (TPSA) is 71.1 Å². The van der Waals surface area contributed by atoms with Crippen LogP contribution in [0.5, 0.6) is 0 Å². The number of halogens is 3. The molecule has 0 aliphatic heterocycles. The van der Waals surface area contributed by atoms with Gasteiger partial charge in [-0.25, -0.2) is 13.1 Å². The molecule has 0 atom stereocenters. The van der Waals surface area contributed by atoms with E-state index in [2.05, 4.69) is 15.0 Å². The molecule has 1 aliphatic rings. The van der Waals surface area contributed by atoms with E-state index < -0.39 is 10.0 Å². The molecule has 31 heavy (non-hydrogen) atoms. The molecule has 1 aliphatic carbocycles. The van der Waals surface area contributed by atoms with Gasteiger partial charge >= 0.3 is 0 Å². The SMILES string of the molecule is O=S(=O)(Cc1ccc(Cl)c(Cl)c1)N[C@H]1CC[C@@H](Nc2ccnc3cc(Cl)ccc23)CC1. The second kappa shape index (κ2) is 9.51. The van der Waals surface area contributed by atoms with Crippen LogP contribution in [0.25, 0.3) is 10.9 Å². The highest BCUT2D eigenvalue weighted by atomic mass is 35.5. The molecule has 0 saturated heterocycles. The maximum Gasteiger partial charge on any atom is 0.216 e. The van der Waals surface area contributed by atoms with Crippen molar-refractivity contribution in [3.8, 4) is 0 Å². The summed E-state index contributed by atoms with van der Waals surface area (Å²) in [6, 6.07) is 12.7. The molecule has 3 aromatic rings. The van der Waals surface area contributed by atoms with Gasteiger partial charge < -0.3 is 5.32 Å². The van der Waals surface area contributed by atoms with Crippen molar-refractivity contribution in [1.29, 1.82) is 0 Å². The molecule has 0 bridgehead atoms. The van der Waals surface area contributed by atoms with Gasteiger partial charge in [-0.05, 0) is 67.6 Å². The highest BCUT2D eigenvalue weighted by Gasteiger charge is 2.25. The van der Waals surface area contributed by atoms with Crippen LogP contribution in [0, 0.1) is 0 Å². The van der Waals surface area contributed by atoms with E-state index >= 15 is 0 Å². The molecule has 1 heterocycles. The molecule has 4 rings (SSSR count). The number of anilines is 1. The number of hydrogen-bond donors (Lipinski definition) is 2. The molecule has 2 aromatic carbocycles. The highest BCUT2D eigenvalue weighted by Crippen LogP contribution is 2.29. The number of benzene rings is 2. The van der Waals surface area contributed by atoms with Crippen molar-refractivity contribution < 1.29 is 8.42 Å². The molecule has 1 aromatic heterocycles. The van der Waals surface area contributed by atoms with Crippen LogP contribution in [0.15, 0.2) is 48.7 Å². The monoisotopic (exact) mass is 497 g/mol. The van der Waals surface area contributed by atoms with Crippen molar-refractivity contribution in [1.82, 2.24) is 9.71 Å². The van der Waals surface area contributed by atoms with Crippen molar-refractivity contribution >= 4 is 61.4 Å². The summed E-state index contributed by atoms with van der Waals surface area (Å²) >= 11 is 18.0. The third-order valence-electron chi connectivity index (χ3n) is 5.48. The van der Waals surface area contributed by atoms with E-state index in [0.717, 1.165) is 42.3 Å². The molecule has 9 heteroatoms. The fraction of sp³-hybridized carbons (Fsp3) is 0.318. The van der Waals surface area contributed by atoms with E-state index in [0.29, 0.717) is 20.6 Å². The molecule has 1 saturated carbocycles. The Morgan fingerprint density at radius 2 is 1.65 bits per heavy atom. The number of nitrogens with zero attached hydrogens (tertiary/aromatic N) is 1. The summed E-state index contributed by atoms with van der Waals surface area (Å²) in [7, 11) is -3.47. The van der Waals surface area contributed by atoms with Gasteiger partial charge in [0.25, 0.3) is 0 Å². The Bertz CT molecular complexity index is 1200. The van der Waals surface area contributed by atoms with Gasteiger partial charge in [0.1, 0.15) is 0 Å². The van der Waals surface area contributed by atoms with Gasteiger partial charge in [0.2, 0.25) is 10.0 Å². The molecular formula is C22H22Cl3N3O2S. The van der Waals surface area contributed by atoms with Crippen LogP contribution in [0.4, 0.5) is 5.69 Å². The number of aromatic nitrogens is 1. The third-order valence-corrected chi connectivity index (χ3v) is 7.86. The molecule has 5 nitrogen and oxygen atoms in total. The molecule has 0 amide bonds. The Hall–Kier alpha value is -1.57. The van der Waals surface area contributed by atoms with Crippen LogP contribution in [-0.2, 0) is 15.8 Å². The van der Waals surface area contributed by atoms with Crippen LogP contribution in [-0.4, -0.2) is 25.5 Å². The van der Waals surface area contributed by atoms with E-state index in [1.165, 1.54) is 0 Å². The number of pyridine rings is 1. The van der Waals surface area contributed by atoms with E-state index in [-0.39, 0.29) is 17.8 Å². The minimum Gasteiger partial charge on any atom is -0.382 e. The first kappa shape index (κ1) is 22.6. The fourth-order valence-electron chi connectivity index (χ4n) is 3.97. The smallest absolute Gasteiger partial charge is 0.216 e. The number of rotatable bonds is 6. The summed E-state index contributed by atoms with van der Waals surface area (Å²) in [5, 5.41) is 6.04. The van der Waals surface area contributed by atoms with Crippen molar-refractivity contribution in [3.05, 3.63) is 69.3 Å².